The van der Waals surface area contributed by atoms with Crippen molar-refractivity contribution in [1.29, 1.82) is 0 Å². The van der Waals surface area contributed by atoms with Gasteiger partial charge in [0.25, 0.3) is 0 Å². The van der Waals surface area contributed by atoms with Crippen LogP contribution in [-0.4, -0.2) is 39.6 Å². The Hall–Kier alpha value is -0.610. The molecule has 0 radical (unpaired) electrons. The third-order valence-electron chi connectivity index (χ3n) is 2.35. The molecule has 4 heteroatoms. The Kier molecular flexibility index (Phi) is 8.57. The molecule has 3 N–H and O–H groups in total. The van der Waals surface area contributed by atoms with Gasteiger partial charge >= 0.3 is 0 Å². The molecule has 0 aliphatic carbocycles. The van der Waals surface area contributed by atoms with Crippen LogP contribution in [-0.2, 0) is 4.79 Å². The van der Waals surface area contributed by atoms with Crippen LogP contribution >= 0.6 is 0 Å². The summed E-state index contributed by atoms with van der Waals surface area (Å²) in [5, 5.41) is 8.91. The third kappa shape index (κ3) is 6.86. The summed E-state index contributed by atoms with van der Waals surface area (Å²) in [5.41, 5.74) is 0. The lowest BCUT2D eigenvalue weighted by Gasteiger charge is -2.14. The Morgan fingerprint density at radius 2 is 1.93 bits per heavy atom. The molecule has 1 atom stereocenters. The Labute approximate surface area is 86.8 Å². The van der Waals surface area contributed by atoms with Crippen molar-refractivity contribution >= 4 is 5.91 Å². The van der Waals surface area contributed by atoms with Crippen LogP contribution in [0, 0.1) is 0 Å². The van der Waals surface area contributed by atoms with Gasteiger partial charge in [-0.3, -0.25) is 4.79 Å². The van der Waals surface area contributed by atoms with Gasteiger partial charge in [0.15, 0.2) is 0 Å². The molecule has 0 saturated heterocycles. The van der Waals surface area contributed by atoms with E-state index in [0.29, 0.717) is 12.5 Å². The molecule has 1 amide bonds. The normalized spacial score (nSPS) is 12.5. The summed E-state index contributed by atoms with van der Waals surface area (Å²) in [4.78, 5) is 11.1. The first-order chi connectivity index (χ1) is 6.74. The first kappa shape index (κ1) is 13.4. The molecule has 0 aromatic carbocycles. The van der Waals surface area contributed by atoms with Crippen molar-refractivity contribution in [1.82, 2.24) is 16.0 Å². The van der Waals surface area contributed by atoms with Gasteiger partial charge in [-0.25, -0.2) is 0 Å². The number of rotatable bonds is 8. The highest BCUT2D eigenvalue weighted by molar-refractivity contribution is 5.76. The lowest BCUT2D eigenvalue weighted by molar-refractivity contribution is -0.121. The molecule has 0 saturated carbocycles. The minimum Gasteiger partial charge on any atom is -0.359 e. The van der Waals surface area contributed by atoms with Crippen molar-refractivity contribution in [2.24, 2.45) is 0 Å². The Bertz CT molecular complexity index is 150. The van der Waals surface area contributed by atoms with Crippen LogP contribution in [0.1, 0.15) is 25.7 Å². The number of hydrogen-bond acceptors (Lipinski definition) is 3. The minimum absolute atomic E-state index is 0.109. The van der Waals surface area contributed by atoms with Crippen LogP contribution in [0.2, 0.25) is 0 Å². The molecular formula is C10H23N3O. The minimum atomic E-state index is 0.109. The average Bonchev–Trinajstić information content (AvgIpc) is 2.22. The summed E-state index contributed by atoms with van der Waals surface area (Å²) in [7, 11) is 5.54. The van der Waals surface area contributed by atoms with Crippen LogP contribution < -0.4 is 16.0 Å². The summed E-state index contributed by atoms with van der Waals surface area (Å²) >= 11 is 0. The van der Waals surface area contributed by atoms with E-state index in [9.17, 15) is 4.79 Å². The maximum Gasteiger partial charge on any atom is 0.221 e. The van der Waals surface area contributed by atoms with Gasteiger partial charge in [-0.15, -0.1) is 0 Å². The van der Waals surface area contributed by atoms with E-state index in [1.807, 2.05) is 14.1 Å². The maximum absolute atomic E-state index is 11.1. The third-order valence-corrected chi connectivity index (χ3v) is 2.35. The van der Waals surface area contributed by atoms with Gasteiger partial charge in [0, 0.05) is 19.5 Å². The van der Waals surface area contributed by atoms with Gasteiger partial charge in [0.2, 0.25) is 5.91 Å². The molecule has 0 aromatic rings. The van der Waals surface area contributed by atoms with Crippen molar-refractivity contribution < 1.29 is 4.79 Å². The molecule has 0 aliphatic heterocycles. The Balaban J connectivity index is 3.52. The van der Waals surface area contributed by atoms with E-state index in [1.54, 1.807) is 7.05 Å². The van der Waals surface area contributed by atoms with Gasteiger partial charge in [-0.05, 0) is 33.5 Å². The number of unbranched alkanes of at least 4 members (excludes halogenated alkanes) is 1. The quantitative estimate of drug-likeness (QED) is 0.488. The smallest absolute Gasteiger partial charge is 0.221 e. The zero-order valence-corrected chi connectivity index (χ0v) is 9.52. The second-order valence-electron chi connectivity index (χ2n) is 3.46. The highest BCUT2D eigenvalue weighted by Crippen LogP contribution is 2.03. The van der Waals surface area contributed by atoms with Gasteiger partial charge in [0.05, 0.1) is 0 Å². The van der Waals surface area contributed by atoms with Gasteiger partial charge in [-0.2, -0.15) is 0 Å². The predicted octanol–water partition coefficient (Wildman–Crippen LogP) is 0.100. The van der Waals surface area contributed by atoms with Crippen LogP contribution in [0.4, 0.5) is 0 Å². The maximum atomic E-state index is 11.1. The molecular weight excluding hydrogens is 178 g/mol. The van der Waals surface area contributed by atoms with E-state index >= 15 is 0 Å². The largest absolute Gasteiger partial charge is 0.359 e. The first-order valence-electron chi connectivity index (χ1n) is 5.27. The zero-order valence-electron chi connectivity index (χ0n) is 9.52. The van der Waals surface area contributed by atoms with E-state index in [1.165, 1.54) is 6.42 Å². The zero-order chi connectivity index (χ0) is 10.8. The molecule has 84 valence electrons. The van der Waals surface area contributed by atoms with Crippen LogP contribution in [0.3, 0.4) is 0 Å². The number of amides is 1. The van der Waals surface area contributed by atoms with Crippen molar-refractivity contribution in [2.45, 2.75) is 31.7 Å². The summed E-state index contributed by atoms with van der Waals surface area (Å²) in [6.45, 7) is 1.05. The fourth-order valence-electron chi connectivity index (χ4n) is 1.37. The molecule has 14 heavy (non-hydrogen) atoms. The van der Waals surface area contributed by atoms with Crippen LogP contribution in [0.15, 0.2) is 0 Å². The molecule has 1 unspecified atom stereocenters. The van der Waals surface area contributed by atoms with Gasteiger partial charge < -0.3 is 16.0 Å². The van der Waals surface area contributed by atoms with Crippen molar-refractivity contribution in [3.05, 3.63) is 0 Å². The second kappa shape index (κ2) is 8.97. The molecule has 4 nitrogen and oxygen atoms in total. The summed E-state index contributed by atoms with van der Waals surface area (Å²) in [6.07, 6.45) is 3.96. The van der Waals surface area contributed by atoms with Crippen LogP contribution in [0.5, 0.6) is 0 Å². The van der Waals surface area contributed by atoms with E-state index in [0.717, 1.165) is 19.4 Å². The van der Waals surface area contributed by atoms with Crippen molar-refractivity contribution in [3.8, 4) is 0 Å². The molecule has 0 aliphatic rings. The van der Waals surface area contributed by atoms with Gasteiger partial charge in [0.1, 0.15) is 0 Å². The summed E-state index contributed by atoms with van der Waals surface area (Å²) in [5.74, 6) is 0.109. The first-order valence-corrected chi connectivity index (χ1v) is 5.27. The van der Waals surface area contributed by atoms with Crippen molar-refractivity contribution in [2.75, 3.05) is 27.7 Å². The predicted molar refractivity (Wildman–Crippen MR) is 59.3 cm³/mol. The summed E-state index contributed by atoms with van der Waals surface area (Å²) in [6, 6.07) is 0.312. The highest BCUT2D eigenvalue weighted by atomic mass is 16.1. The van der Waals surface area contributed by atoms with E-state index in [2.05, 4.69) is 16.0 Å². The number of nitrogens with one attached hydrogen (secondary N) is 3. The lowest BCUT2D eigenvalue weighted by atomic mass is 10.1. The fraction of sp³-hybridized carbons (Fsp3) is 0.900. The Morgan fingerprint density at radius 3 is 2.43 bits per heavy atom. The topological polar surface area (TPSA) is 53.2 Å². The van der Waals surface area contributed by atoms with Gasteiger partial charge in [-0.1, -0.05) is 6.42 Å². The second-order valence-corrected chi connectivity index (χ2v) is 3.46. The summed E-state index contributed by atoms with van der Waals surface area (Å²) < 4.78 is 0. The molecule has 0 bridgehead atoms. The Morgan fingerprint density at radius 1 is 1.21 bits per heavy atom. The molecule has 0 rings (SSSR count). The van der Waals surface area contributed by atoms with Crippen molar-refractivity contribution in [3.63, 3.8) is 0 Å². The average molecular weight is 201 g/mol. The van der Waals surface area contributed by atoms with Crippen LogP contribution in [0.25, 0.3) is 0 Å². The molecule has 0 heterocycles. The van der Waals surface area contributed by atoms with E-state index in [-0.39, 0.29) is 5.91 Å². The van der Waals surface area contributed by atoms with E-state index in [4.69, 9.17) is 0 Å². The monoisotopic (exact) mass is 201 g/mol. The lowest BCUT2D eigenvalue weighted by Crippen LogP contribution is -2.32. The van der Waals surface area contributed by atoms with E-state index < -0.39 is 0 Å². The standard InChI is InChI=1S/C10H23N3O/c1-11-7-5-4-6-9(12-2)8-10(14)13-3/h9,11-12H,4-8H2,1-3H3,(H,13,14). The molecule has 0 fully saturated rings. The SMILES string of the molecule is CNCCCCC(CC(=O)NC)NC. The molecule has 0 aromatic heterocycles. The fourth-order valence-corrected chi connectivity index (χ4v) is 1.37. The molecule has 0 spiro atoms. The number of carbonyl (C=O) groups excluding carboxylic acids is 1. The highest BCUT2D eigenvalue weighted by Gasteiger charge is 2.09. The number of hydrogen-bond donors (Lipinski definition) is 3. The number of carbonyl (C=O) groups is 1.